The van der Waals surface area contributed by atoms with Gasteiger partial charge >= 0.3 is 0 Å². The normalized spacial score (nSPS) is 12.5. The van der Waals surface area contributed by atoms with Crippen molar-refractivity contribution in [2.24, 2.45) is 0 Å². The molecule has 2 atom stereocenters. The SMILES string of the molecule is CCC(C)NC(=O)C(Cc1ccccc1)N(Cc1ccc(Cl)c(Cl)c1)C(=O)COc1cccc2ccccc12. The predicted molar refractivity (Wildman–Crippen MR) is 158 cm³/mol. The molecule has 202 valence electrons. The lowest BCUT2D eigenvalue weighted by molar-refractivity contribution is -0.143. The summed E-state index contributed by atoms with van der Waals surface area (Å²) in [6.07, 6.45) is 1.12. The molecule has 0 saturated carbocycles. The third kappa shape index (κ3) is 7.53. The van der Waals surface area contributed by atoms with Crippen LogP contribution in [0.2, 0.25) is 10.0 Å². The van der Waals surface area contributed by atoms with E-state index >= 15 is 0 Å². The molecular formula is C32H32Cl2N2O3. The number of nitrogens with zero attached hydrogens (tertiary/aromatic N) is 1. The number of ether oxygens (including phenoxy) is 1. The number of benzene rings is 4. The molecule has 39 heavy (non-hydrogen) atoms. The Labute approximate surface area is 239 Å². The van der Waals surface area contributed by atoms with Gasteiger partial charge in [0.15, 0.2) is 6.61 Å². The van der Waals surface area contributed by atoms with E-state index < -0.39 is 6.04 Å². The van der Waals surface area contributed by atoms with Gasteiger partial charge in [0.2, 0.25) is 5.91 Å². The Hall–Kier alpha value is -3.54. The Morgan fingerprint density at radius 2 is 1.59 bits per heavy atom. The second-order valence-electron chi connectivity index (χ2n) is 9.56. The molecule has 0 heterocycles. The van der Waals surface area contributed by atoms with Gasteiger partial charge in [-0.05, 0) is 48.1 Å². The van der Waals surface area contributed by atoms with Crippen molar-refractivity contribution in [1.82, 2.24) is 10.2 Å². The quantitative estimate of drug-likeness (QED) is 0.212. The lowest BCUT2D eigenvalue weighted by Crippen LogP contribution is -2.53. The molecule has 4 aromatic rings. The van der Waals surface area contributed by atoms with E-state index in [0.717, 1.165) is 28.3 Å². The summed E-state index contributed by atoms with van der Waals surface area (Å²) in [5, 5.41) is 5.81. The summed E-state index contributed by atoms with van der Waals surface area (Å²) in [4.78, 5) is 29.1. The third-order valence-corrected chi connectivity index (χ3v) is 7.45. The highest BCUT2D eigenvalue weighted by molar-refractivity contribution is 6.42. The number of hydrogen-bond donors (Lipinski definition) is 1. The van der Waals surface area contributed by atoms with E-state index in [1.807, 2.05) is 92.7 Å². The molecule has 7 heteroatoms. The molecular weight excluding hydrogens is 531 g/mol. The second kappa shape index (κ2) is 13.5. The van der Waals surface area contributed by atoms with Crippen LogP contribution in [0.15, 0.2) is 91.0 Å². The van der Waals surface area contributed by atoms with Crippen molar-refractivity contribution in [2.75, 3.05) is 6.61 Å². The van der Waals surface area contributed by atoms with E-state index in [1.54, 1.807) is 17.0 Å². The largest absolute Gasteiger partial charge is 0.483 e. The molecule has 1 N–H and O–H groups in total. The Kier molecular flexibility index (Phi) is 9.85. The minimum Gasteiger partial charge on any atom is -0.483 e. The van der Waals surface area contributed by atoms with E-state index in [0.29, 0.717) is 22.2 Å². The van der Waals surface area contributed by atoms with Crippen LogP contribution in [0.25, 0.3) is 10.8 Å². The molecule has 0 aliphatic carbocycles. The first-order valence-electron chi connectivity index (χ1n) is 13.0. The van der Waals surface area contributed by atoms with Gasteiger partial charge in [0.25, 0.3) is 5.91 Å². The second-order valence-corrected chi connectivity index (χ2v) is 10.4. The van der Waals surface area contributed by atoms with E-state index in [-0.39, 0.29) is 31.0 Å². The standard InChI is InChI=1S/C32H32Cl2N2O3/c1-3-22(2)35-32(38)29(19-23-10-5-4-6-11-23)36(20-24-16-17-27(33)28(34)18-24)31(37)21-39-30-15-9-13-25-12-7-8-14-26(25)30/h4-18,22,29H,3,19-21H2,1-2H3,(H,35,38). The van der Waals surface area contributed by atoms with E-state index in [2.05, 4.69) is 5.32 Å². The van der Waals surface area contributed by atoms with Crippen molar-refractivity contribution in [2.45, 2.75) is 45.3 Å². The van der Waals surface area contributed by atoms with E-state index in [4.69, 9.17) is 27.9 Å². The first kappa shape index (κ1) is 28.5. The van der Waals surface area contributed by atoms with E-state index in [1.165, 1.54) is 0 Å². The highest BCUT2D eigenvalue weighted by Gasteiger charge is 2.31. The van der Waals surface area contributed by atoms with Gasteiger partial charge in [-0.3, -0.25) is 9.59 Å². The summed E-state index contributed by atoms with van der Waals surface area (Å²) in [6.45, 7) is 3.90. The summed E-state index contributed by atoms with van der Waals surface area (Å²) < 4.78 is 6.05. The molecule has 4 rings (SSSR count). The van der Waals surface area contributed by atoms with Crippen LogP contribution < -0.4 is 10.1 Å². The first-order valence-corrected chi connectivity index (χ1v) is 13.8. The molecule has 4 aromatic carbocycles. The number of fused-ring (bicyclic) bond motifs is 1. The van der Waals surface area contributed by atoms with Crippen LogP contribution in [0.3, 0.4) is 0 Å². The summed E-state index contributed by atoms with van der Waals surface area (Å²) in [6, 6.07) is 27.7. The number of hydrogen-bond acceptors (Lipinski definition) is 3. The highest BCUT2D eigenvalue weighted by atomic mass is 35.5. The number of amides is 2. The summed E-state index contributed by atoms with van der Waals surface area (Å²) in [7, 11) is 0. The van der Waals surface area contributed by atoms with Crippen LogP contribution in [0.5, 0.6) is 5.75 Å². The van der Waals surface area contributed by atoms with Gasteiger partial charge in [0.05, 0.1) is 10.0 Å². The van der Waals surface area contributed by atoms with Gasteiger partial charge in [-0.1, -0.05) is 103 Å². The van der Waals surface area contributed by atoms with Crippen molar-refractivity contribution in [3.05, 3.63) is 112 Å². The molecule has 0 bridgehead atoms. The third-order valence-electron chi connectivity index (χ3n) is 6.71. The maximum atomic E-state index is 13.9. The maximum Gasteiger partial charge on any atom is 0.261 e. The average Bonchev–Trinajstić information content (AvgIpc) is 2.95. The maximum absolute atomic E-state index is 13.9. The lowest BCUT2D eigenvalue weighted by atomic mass is 10.0. The molecule has 0 spiro atoms. The van der Waals surface area contributed by atoms with Crippen molar-refractivity contribution in [3.63, 3.8) is 0 Å². The van der Waals surface area contributed by atoms with Crippen molar-refractivity contribution >= 4 is 45.8 Å². The number of carbonyl (C=O) groups is 2. The zero-order valence-corrected chi connectivity index (χ0v) is 23.6. The zero-order valence-electron chi connectivity index (χ0n) is 22.1. The van der Waals surface area contributed by atoms with Gasteiger partial charge < -0.3 is 15.0 Å². The monoisotopic (exact) mass is 562 g/mol. The van der Waals surface area contributed by atoms with Crippen molar-refractivity contribution in [1.29, 1.82) is 0 Å². The van der Waals surface area contributed by atoms with Crippen LogP contribution in [-0.2, 0) is 22.6 Å². The van der Waals surface area contributed by atoms with Gasteiger partial charge in [-0.15, -0.1) is 0 Å². The van der Waals surface area contributed by atoms with Gasteiger partial charge in [0, 0.05) is 24.4 Å². The Morgan fingerprint density at radius 1 is 0.872 bits per heavy atom. The van der Waals surface area contributed by atoms with Crippen LogP contribution in [-0.4, -0.2) is 35.4 Å². The molecule has 0 radical (unpaired) electrons. The number of nitrogens with one attached hydrogen (secondary N) is 1. The number of rotatable bonds is 11. The summed E-state index contributed by atoms with van der Waals surface area (Å²) >= 11 is 12.4. The molecule has 5 nitrogen and oxygen atoms in total. The predicted octanol–water partition coefficient (Wildman–Crippen LogP) is 7.08. The van der Waals surface area contributed by atoms with E-state index in [9.17, 15) is 9.59 Å². The number of halogens is 2. The molecule has 0 aromatic heterocycles. The van der Waals surface area contributed by atoms with Crippen LogP contribution >= 0.6 is 23.2 Å². The fourth-order valence-electron chi connectivity index (χ4n) is 4.37. The Balaban J connectivity index is 1.66. The Morgan fingerprint density at radius 3 is 2.33 bits per heavy atom. The molecule has 0 aliphatic heterocycles. The minimum atomic E-state index is -0.764. The smallest absolute Gasteiger partial charge is 0.261 e. The summed E-state index contributed by atoms with van der Waals surface area (Å²) in [5.74, 6) is 0.0839. The van der Waals surface area contributed by atoms with Gasteiger partial charge in [-0.25, -0.2) is 0 Å². The van der Waals surface area contributed by atoms with Gasteiger partial charge in [0.1, 0.15) is 11.8 Å². The lowest BCUT2D eigenvalue weighted by Gasteiger charge is -2.32. The fraction of sp³-hybridized carbons (Fsp3) is 0.250. The summed E-state index contributed by atoms with van der Waals surface area (Å²) in [5.41, 5.74) is 1.71. The Bertz CT molecular complexity index is 1420. The molecule has 2 unspecified atom stereocenters. The minimum absolute atomic E-state index is 0.0374. The number of carbonyl (C=O) groups excluding carboxylic acids is 2. The van der Waals surface area contributed by atoms with Crippen LogP contribution in [0.1, 0.15) is 31.4 Å². The highest BCUT2D eigenvalue weighted by Crippen LogP contribution is 2.27. The van der Waals surface area contributed by atoms with Gasteiger partial charge in [-0.2, -0.15) is 0 Å². The molecule has 0 aliphatic rings. The molecule has 0 fully saturated rings. The molecule has 2 amide bonds. The van der Waals surface area contributed by atoms with Crippen LogP contribution in [0, 0.1) is 0 Å². The first-order chi connectivity index (χ1) is 18.9. The average molecular weight is 564 g/mol. The van der Waals surface area contributed by atoms with Crippen molar-refractivity contribution in [3.8, 4) is 5.75 Å². The van der Waals surface area contributed by atoms with Crippen LogP contribution in [0.4, 0.5) is 0 Å². The zero-order chi connectivity index (χ0) is 27.8. The fourth-order valence-corrected chi connectivity index (χ4v) is 4.69. The van der Waals surface area contributed by atoms with Crippen molar-refractivity contribution < 1.29 is 14.3 Å². The topological polar surface area (TPSA) is 58.6 Å². The molecule has 0 saturated heterocycles.